The zero-order valence-electron chi connectivity index (χ0n) is 25.4. The van der Waals surface area contributed by atoms with Crippen LogP contribution < -0.4 is 5.32 Å². The van der Waals surface area contributed by atoms with Crippen LogP contribution in [0.3, 0.4) is 0 Å². The van der Waals surface area contributed by atoms with Crippen LogP contribution in [0.15, 0.2) is 53.4 Å². The van der Waals surface area contributed by atoms with E-state index in [0.29, 0.717) is 48.7 Å². The van der Waals surface area contributed by atoms with E-state index in [9.17, 15) is 18.0 Å². The third kappa shape index (κ3) is 6.72. The first-order valence-electron chi connectivity index (χ1n) is 15.4. The summed E-state index contributed by atoms with van der Waals surface area (Å²) >= 11 is 1.49. The molecule has 0 fully saturated rings. The van der Waals surface area contributed by atoms with Gasteiger partial charge in [-0.15, -0.1) is 11.3 Å². The first-order valence-corrected chi connectivity index (χ1v) is 17.7. The van der Waals surface area contributed by atoms with Crippen LogP contribution in [-0.2, 0) is 36.0 Å². The number of hydrogen-bond donors (Lipinski definition) is 1. The number of carbonyl (C=O) groups excluding carboxylic acids is 2. The molecule has 0 saturated carbocycles. The number of hydrogen-bond acceptors (Lipinski definition) is 6. The second-order valence-corrected chi connectivity index (χ2v) is 14.4. The molecule has 1 N–H and O–H groups in total. The van der Waals surface area contributed by atoms with E-state index in [1.807, 2.05) is 29.2 Å². The monoisotopic (exact) mass is 622 g/mol. The van der Waals surface area contributed by atoms with E-state index < -0.39 is 10.0 Å². The van der Waals surface area contributed by atoms with E-state index >= 15 is 0 Å². The van der Waals surface area contributed by atoms with Crippen LogP contribution in [0.4, 0.5) is 5.00 Å². The molecule has 2 aliphatic rings. The Balaban J connectivity index is 1.37. The number of carbonyl (C=O) groups is 2. The van der Waals surface area contributed by atoms with E-state index in [1.165, 1.54) is 33.3 Å². The smallest absolute Gasteiger partial charge is 0.257 e. The maximum absolute atomic E-state index is 13.9. The molecule has 1 aromatic heterocycles. The van der Waals surface area contributed by atoms with Gasteiger partial charge in [-0.25, -0.2) is 8.42 Å². The lowest BCUT2D eigenvalue weighted by molar-refractivity contribution is 0.0755. The van der Waals surface area contributed by atoms with Crippen molar-refractivity contribution in [2.75, 3.05) is 38.0 Å². The highest BCUT2D eigenvalue weighted by molar-refractivity contribution is 7.89. The second-order valence-electron chi connectivity index (χ2n) is 11.4. The van der Waals surface area contributed by atoms with E-state index in [4.69, 9.17) is 0 Å². The molecule has 5 rings (SSSR count). The molecule has 10 heteroatoms. The SMILES string of the molecule is CCCN1CCc2c(sc(NC(=O)c3ccc(S(=O)(=O)N4CCc5ccccc5C4)cc3)c2C(=O)N(CCC)CCC)C1. The van der Waals surface area contributed by atoms with Gasteiger partial charge in [0.25, 0.3) is 11.8 Å². The predicted octanol–water partition coefficient (Wildman–Crippen LogP) is 5.78. The lowest BCUT2D eigenvalue weighted by Gasteiger charge is -2.28. The van der Waals surface area contributed by atoms with Crippen LogP contribution in [0.2, 0.25) is 0 Å². The summed E-state index contributed by atoms with van der Waals surface area (Å²) in [6.45, 7) is 11.1. The number of fused-ring (bicyclic) bond motifs is 2. The van der Waals surface area contributed by atoms with Crippen molar-refractivity contribution in [1.82, 2.24) is 14.1 Å². The molecular weight excluding hydrogens is 581 g/mol. The molecule has 0 radical (unpaired) electrons. The quantitative estimate of drug-likeness (QED) is 0.293. The molecule has 0 unspecified atom stereocenters. The Morgan fingerprint density at radius 3 is 2.26 bits per heavy atom. The first-order chi connectivity index (χ1) is 20.8. The zero-order chi connectivity index (χ0) is 30.6. The number of benzene rings is 2. The molecule has 0 atom stereocenters. The Morgan fingerprint density at radius 1 is 0.884 bits per heavy atom. The standard InChI is InChI=1S/C33H42N4O4S2/c1-4-17-35-20-16-28-29(23-35)42-32(30(28)33(39)36(18-5-2)19-6-3)34-31(38)25-11-13-27(14-12-25)43(40,41)37-21-15-24-9-7-8-10-26(24)22-37/h7-14H,4-6,15-23H2,1-3H3,(H,34,38). The summed E-state index contributed by atoms with van der Waals surface area (Å²) < 4.78 is 28.3. The predicted molar refractivity (Wildman–Crippen MR) is 172 cm³/mol. The molecule has 230 valence electrons. The molecule has 0 aliphatic carbocycles. The number of anilines is 1. The van der Waals surface area contributed by atoms with Crippen molar-refractivity contribution in [3.63, 3.8) is 0 Å². The van der Waals surface area contributed by atoms with E-state index in [0.717, 1.165) is 61.3 Å². The molecule has 0 spiro atoms. The summed E-state index contributed by atoms with van der Waals surface area (Å²) in [4.78, 5) is 33.0. The van der Waals surface area contributed by atoms with Gasteiger partial charge in [0.05, 0.1) is 10.5 Å². The van der Waals surface area contributed by atoms with Crippen molar-refractivity contribution in [3.8, 4) is 0 Å². The van der Waals surface area contributed by atoms with Crippen LogP contribution in [0.5, 0.6) is 0 Å². The Hall–Kier alpha value is -3.05. The van der Waals surface area contributed by atoms with Crippen molar-refractivity contribution in [2.24, 2.45) is 0 Å². The van der Waals surface area contributed by atoms with E-state index in [2.05, 4.69) is 31.0 Å². The van der Waals surface area contributed by atoms with E-state index in [-0.39, 0.29) is 16.7 Å². The molecule has 43 heavy (non-hydrogen) atoms. The lowest BCUT2D eigenvalue weighted by Crippen LogP contribution is -2.36. The van der Waals surface area contributed by atoms with Crippen LogP contribution in [0, 0.1) is 0 Å². The fraction of sp³-hybridized carbons (Fsp3) is 0.455. The molecular formula is C33H42N4O4S2. The lowest BCUT2D eigenvalue weighted by atomic mass is 10.0. The highest BCUT2D eigenvalue weighted by Crippen LogP contribution is 2.38. The minimum Gasteiger partial charge on any atom is -0.339 e. The minimum atomic E-state index is -3.71. The van der Waals surface area contributed by atoms with Gasteiger partial charge in [0.15, 0.2) is 0 Å². The van der Waals surface area contributed by atoms with Gasteiger partial charge in [-0.1, -0.05) is 45.0 Å². The molecule has 3 heterocycles. The van der Waals surface area contributed by atoms with Crippen molar-refractivity contribution < 1.29 is 18.0 Å². The average molecular weight is 623 g/mol. The third-order valence-electron chi connectivity index (χ3n) is 8.24. The minimum absolute atomic E-state index is 0.0232. The topological polar surface area (TPSA) is 90.0 Å². The number of nitrogens with zero attached hydrogens (tertiary/aromatic N) is 3. The first kappa shape index (κ1) is 31.4. The molecule has 3 aromatic rings. The summed E-state index contributed by atoms with van der Waals surface area (Å²) in [7, 11) is -3.71. The van der Waals surface area contributed by atoms with Gasteiger partial charge >= 0.3 is 0 Å². The maximum atomic E-state index is 13.9. The summed E-state index contributed by atoms with van der Waals surface area (Å²) in [5.41, 5.74) is 4.22. The second kappa shape index (κ2) is 13.7. The molecule has 2 aromatic carbocycles. The van der Waals surface area contributed by atoms with Crippen LogP contribution in [-0.4, -0.2) is 67.1 Å². The van der Waals surface area contributed by atoms with Crippen molar-refractivity contribution in [3.05, 3.63) is 81.2 Å². The maximum Gasteiger partial charge on any atom is 0.257 e. The van der Waals surface area contributed by atoms with E-state index in [1.54, 1.807) is 12.1 Å². The fourth-order valence-corrected chi connectivity index (χ4v) is 8.76. The fourth-order valence-electron chi connectivity index (χ4n) is 6.07. The number of sulfonamides is 1. The Labute approximate surface area is 259 Å². The zero-order valence-corrected chi connectivity index (χ0v) is 27.0. The Bertz CT molecular complexity index is 1560. The number of nitrogens with one attached hydrogen (secondary N) is 1. The number of amides is 2. The van der Waals surface area contributed by atoms with Crippen molar-refractivity contribution in [1.29, 1.82) is 0 Å². The van der Waals surface area contributed by atoms with Crippen LogP contribution in [0.25, 0.3) is 0 Å². The third-order valence-corrected chi connectivity index (χ3v) is 11.2. The van der Waals surface area contributed by atoms with Gasteiger partial charge in [-0.05, 0) is 79.6 Å². The summed E-state index contributed by atoms with van der Waals surface area (Å²) in [6.07, 6.45) is 4.24. The summed E-state index contributed by atoms with van der Waals surface area (Å²) in [5.74, 6) is -0.378. The van der Waals surface area contributed by atoms with Crippen LogP contribution >= 0.6 is 11.3 Å². The molecule has 8 nitrogen and oxygen atoms in total. The molecule has 0 saturated heterocycles. The Kier molecular flexibility index (Phi) is 10.0. The Morgan fingerprint density at radius 2 is 1.58 bits per heavy atom. The summed E-state index contributed by atoms with van der Waals surface area (Å²) in [5, 5.41) is 3.62. The highest BCUT2D eigenvalue weighted by Gasteiger charge is 2.32. The van der Waals surface area contributed by atoms with Gasteiger partial charge in [-0.2, -0.15) is 4.31 Å². The normalized spacial score (nSPS) is 15.5. The van der Waals surface area contributed by atoms with Gasteiger partial charge in [0, 0.05) is 49.7 Å². The largest absolute Gasteiger partial charge is 0.339 e. The molecule has 2 amide bonds. The van der Waals surface area contributed by atoms with Crippen molar-refractivity contribution >= 4 is 38.2 Å². The number of rotatable bonds is 11. The van der Waals surface area contributed by atoms with Gasteiger partial charge in [-0.3, -0.25) is 14.5 Å². The average Bonchev–Trinajstić information content (AvgIpc) is 3.37. The highest BCUT2D eigenvalue weighted by atomic mass is 32.2. The van der Waals surface area contributed by atoms with Gasteiger partial charge in [0.2, 0.25) is 10.0 Å². The van der Waals surface area contributed by atoms with Gasteiger partial charge < -0.3 is 10.2 Å². The summed E-state index contributed by atoms with van der Waals surface area (Å²) in [6, 6.07) is 14.0. The number of thiophene rings is 1. The van der Waals surface area contributed by atoms with Gasteiger partial charge in [0.1, 0.15) is 5.00 Å². The molecule has 0 bridgehead atoms. The van der Waals surface area contributed by atoms with Crippen LogP contribution in [0.1, 0.15) is 82.3 Å². The van der Waals surface area contributed by atoms with Crippen molar-refractivity contribution in [2.45, 2.75) is 70.9 Å². The molecule has 2 aliphatic heterocycles.